The molecule has 16 heavy (non-hydrogen) atoms. The van der Waals surface area contributed by atoms with Crippen molar-refractivity contribution in [2.75, 3.05) is 6.54 Å². The first kappa shape index (κ1) is 14.9. The summed E-state index contributed by atoms with van der Waals surface area (Å²) in [5, 5.41) is 6.25. The number of allylic oxidation sites excluding steroid dienone is 3. The summed E-state index contributed by atoms with van der Waals surface area (Å²) in [5.74, 6) is 0. The third-order valence-corrected chi connectivity index (χ3v) is 2.95. The van der Waals surface area contributed by atoms with Crippen molar-refractivity contribution in [3.63, 3.8) is 0 Å². The predicted molar refractivity (Wildman–Crippen MR) is 67.1 cm³/mol. The average molecular weight is 220 g/mol. The smallest absolute Gasteiger partial charge is 0.109 e. The molecule has 2 nitrogen and oxygen atoms in total. The fraction of sp³-hybridized carbons (Fsp3) is 0.643. The molecule has 1 heterocycles. The Kier molecular flexibility index (Phi) is 9.75. The summed E-state index contributed by atoms with van der Waals surface area (Å²) in [6.45, 7) is 10.5. The first-order chi connectivity index (χ1) is 7.84. The molecule has 90 valence electrons. The van der Waals surface area contributed by atoms with Crippen LogP contribution in [0.1, 0.15) is 52.4 Å². The largest absolute Gasteiger partial charge is 0.512 e. The third-order valence-electron chi connectivity index (χ3n) is 2.95. The van der Waals surface area contributed by atoms with Crippen LogP contribution in [-0.2, 0) is 0 Å². The Morgan fingerprint density at radius 2 is 1.75 bits per heavy atom. The van der Waals surface area contributed by atoms with E-state index in [1.165, 1.54) is 50.8 Å². The van der Waals surface area contributed by atoms with Gasteiger partial charge in [0.05, 0.1) is 12.7 Å². The Labute approximate surface area is 100 Å². The van der Waals surface area contributed by atoms with Gasteiger partial charge in [-0.1, -0.05) is 32.6 Å². The van der Waals surface area contributed by atoms with Crippen LogP contribution in [0.15, 0.2) is 24.0 Å². The van der Waals surface area contributed by atoms with Crippen LogP contribution in [0.5, 0.6) is 0 Å². The monoisotopic (exact) mass is 220 g/mol. The molecule has 2 heteroatoms. The molecule has 1 aliphatic heterocycles. The Morgan fingerprint density at radius 1 is 1.12 bits per heavy atom. The first-order valence-electron chi connectivity index (χ1n) is 6.28. The number of unbranched alkanes of at least 4 members (excludes halogenated alkanes) is 5. The molecule has 0 radical (unpaired) electrons. The molecule has 0 aromatic carbocycles. The van der Waals surface area contributed by atoms with Gasteiger partial charge in [-0.3, -0.25) is 4.90 Å². The Hall–Kier alpha value is -1.07. The van der Waals surface area contributed by atoms with Crippen LogP contribution >= 0.6 is 0 Å². The van der Waals surface area contributed by atoms with Gasteiger partial charge in [0, 0.05) is 6.92 Å². The van der Waals surface area contributed by atoms with Crippen molar-refractivity contribution in [1.82, 2.24) is 0 Å². The Balaban J connectivity index is 0.00000106. The van der Waals surface area contributed by atoms with E-state index in [0.717, 1.165) is 0 Å². The number of hydrogen-bond acceptors (Lipinski definition) is 1. The fourth-order valence-electron chi connectivity index (χ4n) is 1.92. The molecular formula is C14H24N2. The lowest BCUT2D eigenvalue weighted by Gasteiger charge is -2.10. The average Bonchev–Trinajstić information content (AvgIpc) is 2.72. The van der Waals surface area contributed by atoms with Crippen LogP contribution in [0.25, 0.3) is 0 Å². The van der Waals surface area contributed by atoms with Crippen molar-refractivity contribution < 1.29 is 4.90 Å². The molecule has 1 unspecified atom stereocenters. The summed E-state index contributed by atoms with van der Waals surface area (Å²) in [5.41, 5.74) is 1.47. The zero-order chi connectivity index (χ0) is 12.2. The molecule has 0 aromatic heterocycles. The van der Waals surface area contributed by atoms with Crippen molar-refractivity contribution in [2.45, 2.75) is 52.4 Å². The number of nitrogens with zero attached hydrogens (tertiary/aromatic N) is 1. The zero-order valence-corrected chi connectivity index (χ0v) is 10.6. The molecular weight excluding hydrogens is 196 g/mol. The minimum atomic E-state index is 1.28. The predicted octanol–water partition coefficient (Wildman–Crippen LogP) is 2.76. The molecule has 0 fully saturated rings. The maximum Gasteiger partial charge on any atom is 0.109 e. The van der Waals surface area contributed by atoms with E-state index in [0.29, 0.717) is 0 Å². The minimum Gasteiger partial charge on any atom is -0.512 e. The molecule has 0 saturated heterocycles. The van der Waals surface area contributed by atoms with Gasteiger partial charge < -0.3 is 11.8 Å². The summed E-state index contributed by atoms with van der Waals surface area (Å²) < 4.78 is 0. The third kappa shape index (κ3) is 6.42. The summed E-state index contributed by atoms with van der Waals surface area (Å²) >= 11 is 0. The van der Waals surface area contributed by atoms with E-state index < -0.39 is 0 Å². The van der Waals surface area contributed by atoms with E-state index in [2.05, 4.69) is 32.2 Å². The molecule has 0 aliphatic carbocycles. The van der Waals surface area contributed by atoms with Crippen molar-refractivity contribution in [1.29, 1.82) is 5.26 Å². The molecule has 1 N–H and O–H groups in total. The van der Waals surface area contributed by atoms with Crippen molar-refractivity contribution >= 4 is 0 Å². The van der Waals surface area contributed by atoms with Crippen molar-refractivity contribution in [3.8, 4) is 0 Å². The SMILES string of the molecule is CCCCCCCC[NH+]1C=CC=C1C.[C-]#N. The highest BCUT2D eigenvalue weighted by Gasteiger charge is 2.10. The Morgan fingerprint density at radius 3 is 2.31 bits per heavy atom. The van der Waals surface area contributed by atoms with Gasteiger partial charge >= 0.3 is 0 Å². The van der Waals surface area contributed by atoms with Gasteiger partial charge in [-0.05, 0) is 25.0 Å². The van der Waals surface area contributed by atoms with E-state index in [1.807, 2.05) is 0 Å². The van der Waals surface area contributed by atoms with Gasteiger partial charge in [-0.2, -0.15) is 0 Å². The van der Waals surface area contributed by atoms with E-state index in [4.69, 9.17) is 11.8 Å². The first-order valence-corrected chi connectivity index (χ1v) is 6.28. The summed E-state index contributed by atoms with van der Waals surface area (Å²) in [6.07, 6.45) is 15.0. The molecule has 1 aliphatic rings. The van der Waals surface area contributed by atoms with Crippen LogP contribution in [-0.4, -0.2) is 6.54 Å². The number of quaternary nitrogens is 1. The van der Waals surface area contributed by atoms with Gasteiger partial charge in [0.1, 0.15) is 5.70 Å². The second-order valence-corrected chi connectivity index (χ2v) is 4.25. The van der Waals surface area contributed by atoms with Gasteiger partial charge in [-0.15, -0.1) is 0 Å². The quantitative estimate of drug-likeness (QED) is 0.518. The highest BCUT2D eigenvalue weighted by Crippen LogP contribution is 2.04. The van der Waals surface area contributed by atoms with Crippen LogP contribution in [0.2, 0.25) is 0 Å². The van der Waals surface area contributed by atoms with E-state index >= 15 is 0 Å². The summed E-state index contributed by atoms with van der Waals surface area (Å²) in [7, 11) is 0. The number of hydrogen-bond donors (Lipinski definition) is 1. The van der Waals surface area contributed by atoms with Crippen molar-refractivity contribution in [2.24, 2.45) is 0 Å². The van der Waals surface area contributed by atoms with E-state index in [1.54, 1.807) is 4.90 Å². The van der Waals surface area contributed by atoms with Crippen LogP contribution in [0.3, 0.4) is 0 Å². The molecule has 0 amide bonds. The lowest BCUT2D eigenvalue weighted by molar-refractivity contribution is -0.802. The topological polar surface area (TPSA) is 28.2 Å². The highest BCUT2D eigenvalue weighted by atomic mass is 15.1. The zero-order valence-electron chi connectivity index (χ0n) is 10.6. The molecule has 0 aromatic rings. The molecule has 1 atom stereocenters. The van der Waals surface area contributed by atoms with Gasteiger partial charge in [0.15, 0.2) is 0 Å². The molecule has 0 saturated carbocycles. The molecule has 0 bridgehead atoms. The Bertz CT molecular complexity index is 238. The van der Waals surface area contributed by atoms with Crippen LogP contribution < -0.4 is 4.90 Å². The standard InChI is InChI=1S/C13H23N.CN/c1-3-4-5-6-7-8-11-14-12-9-10-13(14)2;1-2/h9-10,12H,3-8,11H2,1-2H3;/q;-1/p+1. The van der Waals surface area contributed by atoms with Crippen LogP contribution in [0.4, 0.5) is 0 Å². The second-order valence-electron chi connectivity index (χ2n) is 4.25. The maximum absolute atomic E-state index is 6.25. The summed E-state index contributed by atoms with van der Waals surface area (Å²) in [6, 6.07) is 0. The second kappa shape index (κ2) is 10.4. The van der Waals surface area contributed by atoms with Gasteiger partial charge in [0.2, 0.25) is 0 Å². The number of nitrogens with one attached hydrogen (secondary N) is 1. The van der Waals surface area contributed by atoms with Crippen LogP contribution in [0, 0.1) is 11.8 Å². The highest BCUT2D eigenvalue weighted by molar-refractivity contribution is 5.08. The van der Waals surface area contributed by atoms with E-state index in [-0.39, 0.29) is 0 Å². The normalized spacial score (nSPS) is 17.8. The maximum atomic E-state index is 6.25. The van der Waals surface area contributed by atoms with Gasteiger partial charge in [-0.25, -0.2) is 0 Å². The molecule has 0 spiro atoms. The van der Waals surface area contributed by atoms with E-state index in [9.17, 15) is 0 Å². The van der Waals surface area contributed by atoms with Gasteiger partial charge in [0.25, 0.3) is 0 Å². The number of rotatable bonds is 7. The lowest BCUT2D eigenvalue weighted by Crippen LogP contribution is -3.04. The molecule has 1 rings (SSSR count). The van der Waals surface area contributed by atoms with Crippen molar-refractivity contribution in [3.05, 3.63) is 30.6 Å². The fourth-order valence-corrected chi connectivity index (χ4v) is 1.92. The lowest BCUT2D eigenvalue weighted by atomic mass is 10.1. The minimum absolute atomic E-state index is 1.28. The summed E-state index contributed by atoms with van der Waals surface area (Å²) in [4.78, 5) is 1.56.